The van der Waals surface area contributed by atoms with Crippen LogP contribution in [0.3, 0.4) is 0 Å². The second kappa shape index (κ2) is 8.61. The highest BCUT2D eigenvalue weighted by molar-refractivity contribution is 7.80. The lowest BCUT2D eigenvalue weighted by Crippen LogP contribution is -2.28. The summed E-state index contributed by atoms with van der Waals surface area (Å²) in [6, 6.07) is 11.0. The third-order valence-electron chi connectivity index (χ3n) is 3.31. The van der Waals surface area contributed by atoms with Crippen LogP contribution < -0.4 is 24.8 Å². The molecule has 0 amide bonds. The molecular formula is C17H19ClN2O3S. The Morgan fingerprint density at radius 1 is 0.958 bits per heavy atom. The minimum absolute atomic E-state index is 0.463. The molecule has 0 aromatic heterocycles. The van der Waals surface area contributed by atoms with Crippen LogP contribution in [-0.4, -0.2) is 26.4 Å². The molecule has 2 N–H and O–H groups in total. The molecule has 0 radical (unpaired) electrons. The van der Waals surface area contributed by atoms with Gasteiger partial charge >= 0.3 is 0 Å². The van der Waals surface area contributed by atoms with Gasteiger partial charge < -0.3 is 24.8 Å². The zero-order valence-corrected chi connectivity index (χ0v) is 15.3. The van der Waals surface area contributed by atoms with Gasteiger partial charge in [-0.2, -0.15) is 0 Å². The van der Waals surface area contributed by atoms with Crippen LogP contribution in [0.25, 0.3) is 0 Å². The number of methoxy groups -OCH3 is 3. The van der Waals surface area contributed by atoms with Crippen molar-refractivity contribution in [3.8, 4) is 17.2 Å². The Labute approximate surface area is 151 Å². The number of hydrogen-bond acceptors (Lipinski definition) is 4. The van der Waals surface area contributed by atoms with Gasteiger partial charge in [-0.3, -0.25) is 0 Å². The molecule has 0 heterocycles. The lowest BCUT2D eigenvalue weighted by molar-refractivity contribution is 0.354. The molecule has 0 fully saturated rings. The minimum atomic E-state index is 0.463. The van der Waals surface area contributed by atoms with Crippen molar-refractivity contribution in [2.45, 2.75) is 6.54 Å². The lowest BCUT2D eigenvalue weighted by atomic mass is 10.2. The Kier molecular flexibility index (Phi) is 6.52. The maximum absolute atomic E-state index is 6.01. The van der Waals surface area contributed by atoms with Crippen molar-refractivity contribution in [3.05, 3.63) is 47.0 Å². The van der Waals surface area contributed by atoms with Gasteiger partial charge in [0, 0.05) is 11.6 Å². The topological polar surface area (TPSA) is 51.8 Å². The summed E-state index contributed by atoms with van der Waals surface area (Å²) in [6.07, 6.45) is 0. The van der Waals surface area contributed by atoms with Gasteiger partial charge in [-0.25, -0.2) is 0 Å². The fourth-order valence-corrected chi connectivity index (χ4v) is 2.47. The molecule has 0 saturated carbocycles. The first-order valence-corrected chi connectivity index (χ1v) is 7.95. The summed E-state index contributed by atoms with van der Waals surface area (Å²) in [5, 5.41) is 7.27. The molecular weight excluding hydrogens is 348 g/mol. The SMILES string of the molecule is COc1ccc(Cl)cc1NC(=S)NCc1ccc(OC)c(OC)c1. The van der Waals surface area contributed by atoms with Crippen molar-refractivity contribution < 1.29 is 14.2 Å². The zero-order valence-electron chi connectivity index (χ0n) is 13.7. The van der Waals surface area contributed by atoms with E-state index < -0.39 is 0 Å². The lowest BCUT2D eigenvalue weighted by Gasteiger charge is -2.14. The van der Waals surface area contributed by atoms with Crippen molar-refractivity contribution in [1.29, 1.82) is 0 Å². The van der Waals surface area contributed by atoms with Gasteiger partial charge in [-0.05, 0) is 48.1 Å². The molecule has 128 valence electrons. The number of nitrogens with one attached hydrogen (secondary N) is 2. The van der Waals surface area contributed by atoms with E-state index in [-0.39, 0.29) is 0 Å². The first-order chi connectivity index (χ1) is 11.6. The van der Waals surface area contributed by atoms with Crippen LogP contribution in [0.2, 0.25) is 5.02 Å². The summed E-state index contributed by atoms with van der Waals surface area (Å²) in [5.74, 6) is 2.02. The highest BCUT2D eigenvalue weighted by Gasteiger charge is 2.07. The Hall–Kier alpha value is -2.18. The first kappa shape index (κ1) is 18.2. The predicted molar refractivity (Wildman–Crippen MR) is 101 cm³/mol. The summed E-state index contributed by atoms with van der Waals surface area (Å²) in [7, 11) is 4.80. The average molecular weight is 367 g/mol. The molecule has 0 bridgehead atoms. The third-order valence-corrected chi connectivity index (χ3v) is 3.79. The quantitative estimate of drug-likeness (QED) is 0.757. The van der Waals surface area contributed by atoms with Gasteiger partial charge in [0.15, 0.2) is 16.6 Å². The summed E-state index contributed by atoms with van der Waals surface area (Å²) in [4.78, 5) is 0. The average Bonchev–Trinajstić information content (AvgIpc) is 2.59. The van der Waals surface area contributed by atoms with Crippen LogP contribution in [0.1, 0.15) is 5.56 Å². The monoisotopic (exact) mass is 366 g/mol. The summed E-state index contributed by atoms with van der Waals surface area (Å²) in [5.41, 5.74) is 1.71. The van der Waals surface area contributed by atoms with Crippen LogP contribution >= 0.6 is 23.8 Å². The van der Waals surface area contributed by atoms with Crippen molar-refractivity contribution in [2.24, 2.45) is 0 Å². The molecule has 7 heteroatoms. The number of thiocarbonyl (C=S) groups is 1. The van der Waals surface area contributed by atoms with Crippen LogP contribution in [0.5, 0.6) is 17.2 Å². The Morgan fingerprint density at radius 3 is 2.29 bits per heavy atom. The van der Waals surface area contributed by atoms with Gasteiger partial charge in [-0.15, -0.1) is 0 Å². The van der Waals surface area contributed by atoms with Crippen molar-refractivity contribution in [3.63, 3.8) is 0 Å². The van der Waals surface area contributed by atoms with Crippen LogP contribution in [0, 0.1) is 0 Å². The smallest absolute Gasteiger partial charge is 0.171 e. The third kappa shape index (κ3) is 4.66. The highest BCUT2D eigenvalue weighted by atomic mass is 35.5. The van der Waals surface area contributed by atoms with Crippen molar-refractivity contribution >= 4 is 34.6 Å². The second-order valence-corrected chi connectivity index (χ2v) is 5.69. The van der Waals surface area contributed by atoms with Crippen LogP contribution in [0.4, 0.5) is 5.69 Å². The van der Waals surface area contributed by atoms with Gasteiger partial charge in [0.2, 0.25) is 0 Å². The molecule has 0 atom stereocenters. The number of halogens is 1. The Balaban J connectivity index is 2.00. The van der Waals surface area contributed by atoms with E-state index in [4.69, 9.17) is 38.0 Å². The molecule has 0 unspecified atom stereocenters. The molecule has 0 aliphatic carbocycles. The molecule has 0 aliphatic rings. The fourth-order valence-electron chi connectivity index (χ4n) is 2.12. The zero-order chi connectivity index (χ0) is 17.5. The van der Waals surface area contributed by atoms with E-state index in [0.29, 0.717) is 39.6 Å². The van der Waals surface area contributed by atoms with Crippen LogP contribution in [0.15, 0.2) is 36.4 Å². The van der Waals surface area contributed by atoms with E-state index in [0.717, 1.165) is 5.56 Å². The summed E-state index contributed by atoms with van der Waals surface area (Å²) >= 11 is 11.3. The number of anilines is 1. The summed E-state index contributed by atoms with van der Waals surface area (Å²) in [6.45, 7) is 0.537. The highest BCUT2D eigenvalue weighted by Crippen LogP contribution is 2.28. The number of ether oxygens (including phenoxy) is 3. The minimum Gasteiger partial charge on any atom is -0.495 e. The van der Waals surface area contributed by atoms with Crippen molar-refractivity contribution in [1.82, 2.24) is 5.32 Å². The van der Waals surface area contributed by atoms with Gasteiger partial charge in [0.05, 0.1) is 27.0 Å². The molecule has 2 rings (SSSR count). The molecule has 0 spiro atoms. The number of hydrogen-bond donors (Lipinski definition) is 2. The Morgan fingerprint density at radius 2 is 1.62 bits per heavy atom. The summed E-state index contributed by atoms with van der Waals surface area (Å²) < 4.78 is 15.8. The van der Waals surface area contributed by atoms with E-state index in [1.165, 1.54) is 0 Å². The van der Waals surface area contributed by atoms with E-state index in [1.54, 1.807) is 39.5 Å². The first-order valence-electron chi connectivity index (χ1n) is 7.16. The van der Waals surface area contributed by atoms with Crippen LogP contribution in [-0.2, 0) is 6.54 Å². The standard InChI is InChI=1S/C17H19ClN2O3S/c1-21-14-7-5-12(18)9-13(14)20-17(24)19-10-11-4-6-15(22-2)16(8-11)23-3/h4-9H,10H2,1-3H3,(H2,19,20,24). The van der Waals surface area contributed by atoms with Gasteiger partial charge in [0.25, 0.3) is 0 Å². The maximum Gasteiger partial charge on any atom is 0.171 e. The Bertz CT molecular complexity index is 725. The fraction of sp³-hybridized carbons (Fsp3) is 0.235. The van der Waals surface area contributed by atoms with E-state index in [9.17, 15) is 0 Å². The largest absolute Gasteiger partial charge is 0.495 e. The maximum atomic E-state index is 6.01. The predicted octanol–water partition coefficient (Wildman–Crippen LogP) is 3.85. The second-order valence-electron chi connectivity index (χ2n) is 4.84. The molecule has 2 aromatic carbocycles. The molecule has 2 aromatic rings. The normalized spacial score (nSPS) is 10.0. The van der Waals surface area contributed by atoms with E-state index in [2.05, 4.69) is 10.6 Å². The van der Waals surface area contributed by atoms with Gasteiger partial charge in [0.1, 0.15) is 5.75 Å². The van der Waals surface area contributed by atoms with E-state index >= 15 is 0 Å². The molecule has 24 heavy (non-hydrogen) atoms. The molecule has 0 aliphatic heterocycles. The number of benzene rings is 2. The van der Waals surface area contributed by atoms with Gasteiger partial charge in [-0.1, -0.05) is 17.7 Å². The molecule has 0 saturated heterocycles. The number of rotatable bonds is 6. The molecule has 5 nitrogen and oxygen atoms in total. The van der Waals surface area contributed by atoms with Crippen molar-refractivity contribution in [2.75, 3.05) is 26.6 Å². The van der Waals surface area contributed by atoms with E-state index in [1.807, 2.05) is 18.2 Å².